The van der Waals surface area contributed by atoms with Gasteiger partial charge in [-0.15, -0.1) is 0 Å². The van der Waals surface area contributed by atoms with E-state index in [1.54, 1.807) is 0 Å². The standard InChI is InChI=1S/C22H31N3O2S/c1-3-5-10-23-22(28)25(15-19-7-6-11-27-19)14-18-13-17-12-16(4-2)8-9-20(17)24-21(18)26/h8-9,12-13,19H,3-7,10-11,14-15H2,1-2H3,(H,23,28)(H,24,26)/t19-/m0/s1. The molecule has 1 aromatic heterocycles. The highest BCUT2D eigenvalue weighted by atomic mass is 32.1. The Bertz CT molecular complexity index is 858. The van der Waals surface area contributed by atoms with Crippen LogP contribution >= 0.6 is 12.2 Å². The molecular weight excluding hydrogens is 370 g/mol. The molecule has 1 fully saturated rings. The first-order valence-electron chi connectivity index (χ1n) is 10.4. The van der Waals surface area contributed by atoms with Crippen molar-refractivity contribution in [3.8, 4) is 0 Å². The molecule has 1 aromatic carbocycles. The van der Waals surface area contributed by atoms with Crippen LogP contribution in [0.4, 0.5) is 0 Å². The molecule has 2 heterocycles. The number of pyridine rings is 1. The Morgan fingerprint density at radius 2 is 2.21 bits per heavy atom. The van der Waals surface area contributed by atoms with Crippen molar-refractivity contribution in [2.45, 2.75) is 58.6 Å². The second-order valence-electron chi connectivity index (χ2n) is 7.50. The Hall–Kier alpha value is -1.92. The number of nitrogens with zero attached hydrogens (tertiary/aromatic N) is 1. The lowest BCUT2D eigenvalue weighted by molar-refractivity contribution is 0.0897. The van der Waals surface area contributed by atoms with Crippen molar-refractivity contribution < 1.29 is 4.74 Å². The minimum Gasteiger partial charge on any atom is -0.376 e. The van der Waals surface area contributed by atoms with Crippen molar-refractivity contribution in [3.05, 3.63) is 45.7 Å². The number of hydrogen-bond donors (Lipinski definition) is 2. The summed E-state index contributed by atoms with van der Waals surface area (Å²) in [4.78, 5) is 17.8. The van der Waals surface area contributed by atoms with Gasteiger partial charge in [0.15, 0.2) is 5.11 Å². The van der Waals surface area contributed by atoms with Crippen LogP contribution in [-0.2, 0) is 17.7 Å². The number of aromatic nitrogens is 1. The first-order valence-corrected chi connectivity index (χ1v) is 10.8. The molecule has 0 saturated carbocycles. The fourth-order valence-electron chi connectivity index (χ4n) is 3.58. The summed E-state index contributed by atoms with van der Waals surface area (Å²) >= 11 is 5.65. The van der Waals surface area contributed by atoms with E-state index < -0.39 is 0 Å². The summed E-state index contributed by atoms with van der Waals surface area (Å²) in [6.45, 7) is 7.16. The lowest BCUT2D eigenvalue weighted by Crippen LogP contribution is -2.44. The Morgan fingerprint density at radius 3 is 2.93 bits per heavy atom. The van der Waals surface area contributed by atoms with E-state index in [4.69, 9.17) is 17.0 Å². The molecule has 1 aliphatic rings. The Labute approximate surface area is 172 Å². The van der Waals surface area contributed by atoms with Gasteiger partial charge in [0.25, 0.3) is 5.56 Å². The van der Waals surface area contributed by atoms with Crippen LogP contribution in [-0.4, -0.2) is 40.8 Å². The molecule has 2 N–H and O–H groups in total. The van der Waals surface area contributed by atoms with Gasteiger partial charge in [-0.2, -0.15) is 0 Å². The fraction of sp³-hybridized carbons (Fsp3) is 0.545. The zero-order valence-corrected chi connectivity index (χ0v) is 17.7. The van der Waals surface area contributed by atoms with E-state index in [-0.39, 0.29) is 11.7 Å². The molecule has 0 spiro atoms. The van der Waals surface area contributed by atoms with E-state index in [0.29, 0.717) is 18.2 Å². The second kappa shape index (κ2) is 10.0. The molecule has 2 aromatic rings. The molecule has 152 valence electrons. The Morgan fingerprint density at radius 1 is 1.36 bits per heavy atom. The van der Waals surface area contributed by atoms with Gasteiger partial charge < -0.3 is 19.9 Å². The third-order valence-corrected chi connectivity index (χ3v) is 5.70. The normalized spacial score (nSPS) is 16.4. The van der Waals surface area contributed by atoms with E-state index in [1.807, 2.05) is 12.1 Å². The summed E-state index contributed by atoms with van der Waals surface area (Å²) in [5.41, 5.74) is 2.82. The van der Waals surface area contributed by atoms with Crippen molar-refractivity contribution in [2.75, 3.05) is 19.7 Å². The number of unbranched alkanes of at least 4 members (excludes halogenated alkanes) is 1. The Balaban J connectivity index is 1.82. The number of benzene rings is 1. The third-order valence-electron chi connectivity index (χ3n) is 5.30. The lowest BCUT2D eigenvalue weighted by Gasteiger charge is -2.28. The van der Waals surface area contributed by atoms with Crippen molar-refractivity contribution in [1.29, 1.82) is 0 Å². The predicted octanol–water partition coefficient (Wildman–Crippen LogP) is 3.75. The summed E-state index contributed by atoms with van der Waals surface area (Å²) in [6.07, 6.45) is 5.47. The maximum absolute atomic E-state index is 12.7. The number of H-pyrrole nitrogens is 1. The SMILES string of the molecule is CCCCNC(=S)N(Cc1cc2cc(CC)ccc2[nH]c1=O)C[C@@H]1CCCO1. The summed E-state index contributed by atoms with van der Waals surface area (Å²) in [5.74, 6) is 0. The zero-order valence-electron chi connectivity index (χ0n) is 16.9. The highest BCUT2D eigenvalue weighted by Crippen LogP contribution is 2.17. The minimum absolute atomic E-state index is 0.0505. The van der Waals surface area contributed by atoms with Crippen molar-refractivity contribution in [3.63, 3.8) is 0 Å². The monoisotopic (exact) mass is 401 g/mol. The van der Waals surface area contributed by atoms with Gasteiger partial charge in [0.2, 0.25) is 0 Å². The number of rotatable bonds is 8. The average Bonchev–Trinajstić information content (AvgIpc) is 3.21. The van der Waals surface area contributed by atoms with Crippen LogP contribution in [0.2, 0.25) is 0 Å². The van der Waals surface area contributed by atoms with Crippen LogP contribution in [0.5, 0.6) is 0 Å². The van der Waals surface area contributed by atoms with Crippen LogP contribution in [0, 0.1) is 0 Å². The number of aryl methyl sites for hydroxylation is 1. The Kier molecular flexibility index (Phi) is 7.45. The van der Waals surface area contributed by atoms with Gasteiger partial charge >= 0.3 is 0 Å². The van der Waals surface area contributed by atoms with E-state index in [9.17, 15) is 4.79 Å². The third kappa shape index (κ3) is 5.32. The maximum atomic E-state index is 12.7. The quantitative estimate of drug-likeness (QED) is 0.521. The van der Waals surface area contributed by atoms with Gasteiger partial charge in [-0.05, 0) is 67.0 Å². The fourth-order valence-corrected chi connectivity index (χ4v) is 3.82. The lowest BCUT2D eigenvalue weighted by atomic mass is 10.1. The molecule has 28 heavy (non-hydrogen) atoms. The van der Waals surface area contributed by atoms with Crippen molar-refractivity contribution >= 4 is 28.2 Å². The van der Waals surface area contributed by atoms with Gasteiger partial charge in [-0.1, -0.05) is 26.3 Å². The van der Waals surface area contributed by atoms with Gasteiger partial charge in [0, 0.05) is 30.8 Å². The van der Waals surface area contributed by atoms with Crippen LogP contribution in [0.3, 0.4) is 0 Å². The van der Waals surface area contributed by atoms with E-state index in [0.717, 1.165) is 61.7 Å². The van der Waals surface area contributed by atoms with Crippen LogP contribution in [0.1, 0.15) is 50.7 Å². The van der Waals surface area contributed by atoms with Gasteiger partial charge in [-0.3, -0.25) is 4.79 Å². The number of nitrogens with one attached hydrogen (secondary N) is 2. The topological polar surface area (TPSA) is 57.4 Å². The van der Waals surface area contributed by atoms with Crippen LogP contribution in [0.25, 0.3) is 10.9 Å². The average molecular weight is 402 g/mol. The number of ether oxygens (including phenoxy) is 1. The van der Waals surface area contributed by atoms with E-state index in [1.165, 1.54) is 5.56 Å². The van der Waals surface area contributed by atoms with Gasteiger partial charge in [0.05, 0.1) is 12.6 Å². The largest absolute Gasteiger partial charge is 0.376 e. The number of thiocarbonyl (C=S) groups is 1. The number of aromatic amines is 1. The molecule has 0 unspecified atom stereocenters. The highest BCUT2D eigenvalue weighted by molar-refractivity contribution is 7.80. The van der Waals surface area contributed by atoms with Crippen LogP contribution < -0.4 is 10.9 Å². The molecule has 1 aliphatic heterocycles. The molecule has 3 rings (SSSR count). The summed E-state index contributed by atoms with van der Waals surface area (Å²) in [5, 5.41) is 5.11. The molecule has 6 heteroatoms. The number of hydrogen-bond acceptors (Lipinski definition) is 3. The molecule has 0 aliphatic carbocycles. The van der Waals surface area contributed by atoms with Crippen LogP contribution in [0.15, 0.2) is 29.1 Å². The predicted molar refractivity (Wildman–Crippen MR) is 119 cm³/mol. The van der Waals surface area contributed by atoms with E-state index >= 15 is 0 Å². The first kappa shape index (κ1) is 20.8. The zero-order chi connectivity index (χ0) is 19.9. The molecule has 0 amide bonds. The van der Waals surface area contributed by atoms with Crippen molar-refractivity contribution in [2.24, 2.45) is 0 Å². The summed E-state index contributed by atoms with van der Waals surface area (Å²) in [6, 6.07) is 8.20. The second-order valence-corrected chi connectivity index (χ2v) is 7.89. The minimum atomic E-state index is -0.0505. The first-order chi connectivity index (χ1) is 13.6. The molecule has 0 bridgehead atoms. The van der Waals surface area contributed by atoms with Gasteiger partial charge in [-0.25, -0.2) is 0 Å². The molecule has 5 nitrogen and oxygen atoms in total. The molecular formula is C22H31N3O2S. The number of fused-ring (bicyclic) bond motifs is 1. The molecule has 1 saturated heterocycles. The molecule has 1 atom stereocenters. The maximum Gasteiger partial charge on any atom is 0.253 e. The summed E-state index contributed by atoms with van der Waals surface area (Å²) < 4.78 is 5.81. The summed E-state index contributed by atoms with van der Waals surface area (Å²) in [7, 11) is 0. The molecule has 0 radical (unpaired) electrons. The van der Waals surface area contributed by atoms with E-state index in [2.05, 4.69) is 41.2 Å². The van der Waals surface area contributed by atoms with Gasteiger partial charge in [0.1, 0.15) is 0 Å². The van der Waals surface area contributed by atoms with Crippen molar-refractivity contribution in [1.82, 2.24) is 15.2 Å². The smallest absolute Gasteiger partial charge is 0.253 e. The highest BCUT2D eigenvalue weighted by Gasteiger charge is 2.22.